The van der Waals surface area contributed by atoms with E-state index in [1.54, 1.807) is 18.2 Å². The Balaban J connectivity index is 2.20. The van der Waals surface area contributed by atoms with Crippen LogP contribution >= 0.6 is 11.6 Å². The molecular formula is C12H10ClN3O3. The van der Waals surface area contributed by atoms with Crippen molar-refractivity contribution in [2.45, 2.75) is 13.5 Å². The molecule has 0 aliphatic carbocycles. The predicted octanol–water partition coefficient (Wildman–Crippen LogP) is 2.64. The molecule has 0 aliphatic rings. The van der Waals surface area contributed by atoms with Crippen LogP contribution in [0.15, 0.2) is 30.5 Å². The van der Waals surface area contributed by atoms with Crippen LogP contribution in [0.5, 0.6) is 0 Å². The van der Waals surface area contributed by atoms with Crippen LogP contribution in [0.2, 0.25) is 5.02 Å². The molecule has 1 aromatic carbocycles. The third kappa shape index (κ3) is 2.97. The van der Waals surface area contributed by atoms with Crippen molar-refractivity contribution in [2.75, 3.05) is 0 Å². The number of aromatic nitrogens is 2. The van der Waals surface area contributed by atoms with Gasteiger partial charge in [-0.1, -0.05) is 35.4 Å². The number of benzene rings is 1. The maximum atomic E-state index is 12.0. The molecule has 0 saturated heterocycles. The fourth-order valence-corrected chi connectivity index (χ4v) is 1.87. The van der Waals surface area contributed by atoms with E-state index in [4.69, 9.17) is 11.6 Å². The number of carbonyl (C=O) groups is 1. The zero-order valence-corrected chi connectivity index (χ0v) is 10.8. The molecule has 7 heteroatoms. The van der Waals surface area contributed by atoms with Crippen molar-refractivity contribution >= 4 is 23.2 Å². The third-order valence-electron chi connectivity index (χ3n) is 2.52. The fraction of sp³-hybridized carbons (Fsp3) is 0.167. The topological polar surface area (TPSA) is 78.0 Å². The van der Waals surface area contributed by atoms with Crippen LogP contribution < -0.4 is 0 Å². The molecule has 1 aromatic heterocycles. The van der Waals surface area contributed by atoms with Crippen molar-refractivity contribution in [1.82, 2.24) is 9.78 Å². The first-order valence-electron chi connectivity index (χ1n) is 5.44. The van der Waals surface area contributed by atoms with E-state index in [2.05, 4.69) is 5.10 Å². The normalized spacial score (nSPS) is 10.4. The third-order valence-corrected chi connectivity index (χ3v) is 2.78. The molecule has 0 N–H and O–H groups in total. The highest BCUT2D eigenvalue weighted by atomic mass is 35.5. The van der Waals surface area contributed by atoms with E-state index < -0.39 is 10.7 Å². The van der Waals surface area contributed by atoms with E-state index in [0.29, 0.717) is 5.56 Å². The average Bonchev–Trinajstić information content (AvgIpc) is 2.70. The lowest BCUT2D eigenvalue weighted by Crippen LogP contribution is -2.11. The van der Waals surface area contributed by atoms with Gasteiger partial charge in [-0.15, -0.1) is 0 Å². The Kier molecular flexibility index (Phi) is 3.62. The summed E-state index contributed by atoms with van der Waals surface area (Å²) in [6.07, 6.45) is 1.27. The van der Waals surface area contributed by atoms with Gasteiger partial charge in [0.05, 0.1) is 11.3 Å². The smallest absolute Gasteiger partial charge is 0.358 e. The lowest BCUT2D eigenvalue weighted by Gasteiger charge is -2.00. The number of carbonyl (C=O) groups excluding carboxylic acids is 1. The molecule has 98 valence electrons. The van der Waals surface area contributed by atoms with E-state index >= 15 is 0 Å². The second-order valence-electron chi connectivity index (χ2n) is 4.05. The van der Waals surface area contributed by atoms with Gasteiger partial charge in [0.25, 0.3) is 0 Å². The second-order valence-corrected chi connectivity index (χ2v) is 4.46. The summed E-state index contributed by atoms with van der Waals surface area (Å²) < 4.78 is 1.17. The van der Waals surface area contributed by atoms with Gasteiger partial charge in [0.15, 0.2) is 10.8 Å². The van der Waals surface area contributed by atoms with Gasteiger partial charge in [0.2, 0.25) is 0 Å². The summed E-state index contributed by atoms with van der Waals surface area (Å²) in [7, 11) is 0. The second kappa shape index (κ2) is 5.19. The minimum Gasteiger partial charge on any atom is -0.358 e. The van der Waals surface area contributed by atoms with E-state index in [0.717, 1.165) is 5.56 Å². The van der Waals surface area contributed by atoms with Crippen LogP contribution in [0.3, 0.4) is 0 Å². The van der Waals surface area contributed by atoms with Crippen LogP contribution in [0, 0.1) is 17.0 Å². The summed E-state index contributed by atoms with van der Waals surface area (Å²) in [5.41, 5.74) is 1.50. The van der Waals surface area contributed by atoms with Crippen LogP contribution in [0.1, 0.15) is 15.9 Å². The number of hydrogen-bond donors (Lipinski definition) is 0. The van der Waals surface area contributed by atoms with Gasteiger partial charge < -0.3 is 10.1 Å². The standard InChI is InChI=1S/C12H10ClN3O3/c1-8-3-2-4-9(5-8)11(17)7-15-6-10(13)12(14-15)16(18)19/h2-6H,7H2,1H3. The molecule has 0 bridgehead atoms. The summed E-state index contributed by atoms with van der Waals surface area (Å²) >= 11 is 5.66. The maximum absolute atomic E-state index is 12.0. The predicted molar refractivity (Wildman–Crippen MR) is 69.4 cm³/mol. The molecule has 0 aliphatic heterocycles. The number of hydrogen-bond acceptors (Lipinski definition) is 4. The van der Waals surface area contributed by atoms with Crippen LogP contribution in [0.4, 0.5) is 5.82 Å². The van der Waals surface area contributed by atoms with Crippen LogP contribution in [-0.2, 0) is 6.54 Å². The SMILES string of the molecule is Cc1cccc(C(=O)Cn2cc(Cl)c([N+](=O)[O-])n2)c1. The van der Waals surface area contributed by atoms with E-state index in [1.807, 2.05) is 13.0 Å². The lowest BCUT2D eigenvalue weighted by molar-refractivity contribution is -0.389. The summed E-state index contributed by atoms with van der Waals surface area (Å²) in [5, 5.41) is 14.2. The first-order chi connectivity index (χ1) is 8.97. The first kappa shape index (κ1) is 13.2. The number of halogens is 1. The van der Waals surface area contributed by atoms with Crippen LogP contribution in [0.25, 0.3) is 0 Å². The Bertz CT molecular complexity index is 651. The zero-order valence-electron chi connectivity index (χ0n) is 10.0. The molecule has 6 nitrogen and oxygen atoms in total. The zero-order chi connectivity index (χ0) is 14.0. The number of nitrogens with zero attached hydrogens (tertiary/aromatic N) is 3. The molecule has 19 heavy (non-hydrogen) atoms. The van der Waals surface area contributed by atoms with Gasteiger partial charge in [-0.2, -0.15) is 4.68 Å². The van der Waals surface area contributed by atoms with E-state index in [9.17, 15) is 14.9 Å². The maximum Gasteiger partial charge on any atom is 0.408 e. The number of Topliss-reactive ketones (excluding diaryl/α,β-unsaturated/α-hetero) is 1. The van der Waals surface area contributed by atoms with Crippen molar-refractivity contribution in [1.29, 1.82) is 0 Å². The molecule has 0 fully saturated rings. The summed E-state index contributed by atoms with van der Waals surface area (Å²) in [4.78, 5) is 21.9. The number of nitro groups is 1. The fourth-order valence-electron chi connectivity index (χ4n) is 1.65. The Morgan fingerprint density at radius 1 is 1.53 bits per heavy atom. The highest BCUT2D eigenvalue weighted by molar-refractivity contribution is 6.32. The molecule has 2 rings (SSSR count). The molecule has 0 spiro atoms. The van der Waals surface area contributed by atoms with Crippen molar-refractivity contribution in [3.8, 4) is 0 Å². The molecule has 2 aromatic rings. The van der Waals surface area contributed by atoms with Crippen molar-refractivity contribution in [3.05, 3.63) is 56.7 Å². The Morgan fingerprint density at radius 2 is 2.26 bits per heavy atom. The molecule has 0 amide bonds. The summed E-state index contributed by atoms with van der Waals surface area (Å²) in [6.45, 7) is 1.80. The molecule has 1 heterocycles. The summed E-state index contributed by atoms with van der Waals surface area (Å²) in [5.74, 6) is -0.628. The average molecular weight is 280 g/mol. The van der Waals surface area contributed by atoms with Crippen molar-refractivity contribution in [2.24, 2.45) is 0 Å². The molecular weight excluding hydrogens is 270 g/mol. The number of rotatable bonds is 4. The Hall–Kier alpha value is -2.21. The largest absolute Gasteiger partial charge is 0.408 e. The van der Waals surface area contributed by atoms with Gasteiger partial charge in [0.1, 0.15) is 6.54 Å². The van der Waals surface area contributed by atoms with Gasteiger partial charge >= 0.3 is 5.82 Å². The molecule has 0 saturated carbocycles. The van der Waals surface area contributed by atoms with Gasteiger partial charge in [-0.25, -0.2) is 0 Å². The van der Waals surface area contributed by atoms with E-state index in [-0.39, 0.29) is 17.4 Å². The van der Waals surface area contributed by atoms with Crippen molar-refractivity contribution in [3.63, 3.8) is 0 Å². The Labute approximate surface area is 113 Å². The highest BCUT2D eigenvalue weighted by Crippen LogP contribution is 2.21. The van der Waals surface area contributed by atoms with E-state index in [1.165, 1.54) is 10.9 Å². The summed E-state index contributed by atoms with van der Waals surface area (Å²) in [6, 6.07) is 7.10. The molecule has 0 radical (unpaired) electrons. The Morgan fingerprint density at radius 3 is 2.84 bits per heavy atom. The highest BCUT2D eigenvalue weighted by Gasteiger charge is 2.20. The van der Waals surface area contributed by atoms with Gasteiger partial charge in [-0.05, 0) is 17.9 Å². The van der Waals surface area contributed by atoms with Gasteiger partial charge in [-0.3, -0.25) is 4.79 Å². The lowest BCUT2D eigenvalue weighted by atomic mass is 10.1. The van der Waals surface area contributed by atoms with Crippen molar-refractivity contribution < 1.29 is 9.72 Å². The molecule has 0 unspecified atom stereocenters. The quantitative estimate of drug-likeness (QED) is 0.490. The first-order valence-corrected chi connectivity index (χ1v) is 5.82. The van der Waals surface area contributed by atoms with Gasteiger partial charge in [0, 0.05) is 5.56 Å². The molecule has 0 atom stereocenters. The minimum absolute atomic E-state index is 0.0814. The monoisotopic (exact) mass is 279 g/mol. The minimum atomic E-state index is -0.685. The number of ketones is 1. The number of aryl methyl sites for hydroxylation is 1. The van der Waals surface area contributed by atoms with Crippen LogP contribution in [-0.4, -0.2) is 20.5 Å².